The van der Waals surface area contributed by atoms with Gasteiger partial charge in [-0.1, -0.05) is 20.8 Å². The molecule has 2 heterocycles. The first-order valence-electron chi connectivity index (χ1n) is 8.17. The fourth-order valence-electron chi connectivity index (χ4n) is 3.71. The van der Waals surface area contributed by atoms with Gasteiger partial charge < -0.3 is 10.1 Å². The summed E-state index contributed by atoms with van der Waals surface area (Å²) in [5.74, 6) is 2.34. The average molecular weight is 268 g/mol. The van der Waals surface area contributed by atoms with Gasteiger partial charge in [-0.3, -0.25) is 4.90 Å². The number of hydrogen-bond acceptors (Lipinski definition) is 3. The molecule has 5 unspecified atom stereocenters. The lowest BCUT2D eigenvalue weighted by Gasteiger charge is -2.42. The van der Waals surface area contributed by atoms with Crippen LogP contribution in [0.2, 0.25) is 0 Å². The first-order chi connectivity index (χ1) is 9.11. The van der Waals surface area contributed by atoms with E-state index in [2.05, 4.69) is 37.9 Å². The molecule has 19 heavy (non-hydrogen) atoms. The van der Waals surface area contributed by atoms with Gasteiger partial charge in [-0.25, -0.2) is 0 Å². The summed E-state index contributed by atoms with van der Waals surface area (Å²) >= 11 is 0. The van der Waals surface area contributed by atoms with Crippen molar-refractivity contribution in [2.75, 3.05) is 32.8 Å². The first-order valence-corrected chi connectivity index (χ1v) is 8.17. The Kier molecular flexibility index (Phi) is 5.67. The highest BCUT2D eigenvalue weighted by Gasteiger charge is 2.34. The zero-order valence-electron chi connectivity index (χ0n) is 13.2. The van der Waals surface area contributed by atoms with Gasteiger partial charge >= 0.3 is 0 Å². The van der Waals surface area contributed by atoms with Crippen LogP contribution in [-0.4, -0.2) is 49.8 Å². The van der Waals surface area contributed by atoms with Crippen molar-refractivity contribution in [1.82, 2.24) is 10.2 Å². The van der Waals surface area contributed by atoms with E-state index in [-0.39, 0.29) is 0 Å². The van der Waals surface area contributed by atoms with E-state index in [1.807, 2.05) is 0 Å². The van der Waals surface area contributed by atoms with Gasteiger partial charge in [0.05, 0.1) is 13.2 Å². The molecule has 0 aromatic heterocycles. The van der Waals surface area contributed by atoms with E-state index in [9.17, 15) is 0 Å². The molecule has 0 spiro atoms. The second kappa shape index (κ2) is 7.05. The Balaban J connectivity index is 1.88. The van der Waals surface area contributed by atoms with Gasteiger partial charge in [-0.2, -0.15) is 0 Å². The lowest BCUT2D eigenvalue weighted by Crippen LogP contribution is -2.50. The third-order valence-corrected chi connectivity index (χ3v) is 5.04. The minimum absolute atomic E-state index is 0.569. The molecule has 0 amide bonds. The van der Waals surface area contributed by atoms with Gasteiger partial charge in [0.25, 0.3) is 0 Å². The monoisotopic (exact) mass is 268 g/mol. The number of piperidine rings is 1. The molecule has 3 nitrogen and oxygen atoms in total. The summed E-state index contributed by atoms with van der Waals surface area (Å²) in [6.45, 7) is 14.9. The summed E-state index contributed by atoms with van der Waals surface area (Å²) < 4.78 is 5.71. The molecular weight excluding hydrogens is 236 g/mol. The molecule has 2 aliphatic rings. The third-order valence-electron chi connectivity index (χ3n) is 5.04. The Morgan fingerprint density at radius 1 is 1.21 bits per heavy atom. The molecule has 1 N–H and O–H groups in total. The molecule has 0 radical (unpaired) electrons. The van der Waals surface area contributed by atoms with Crippen molar-refractivity contribution in [2.45, 2.75) is 52.6 Å². The van der Waals surface area contributed by atoms with Gasteiger partial charge in [0.2, 0.25) is 0 Å². The van der Waals surface area contributed by atoms with Crippen LogP contribution in [0.15, 0.2) is 0 Å². The molecule has 2 rings (SSSR count). The zero-order valence-corrected chi connectivity index (χ0v) is 13.2. The quantitative estimate of drug-likeness (QED) is 0.828. The van der Waals surface area contributed by atoms with Gasteiger partial charge in [-0.05, 0) is 38.1 Å². The van der Waals surface area contributed by atoms with Crippen LogP contribution < -0.4 is 5.32 Å². The second-order valence-electron chi connectivity index (χ2n) is 6.87. The Bertz CT molecular complexity index is 271. The highest BCUT2D eigenvalue weighted by molar-refractivity contribution is 4.88. The Hall–Kier alpha value is -0.120. The number of likely N-dealkylation sites (tertiary alicyclic amines) is 1. The topological polar surface area (TPSA) is 24.5 Å². The van der Waals surface area contributed by atoms with Crippen molar-refractivity contribution in [2.24, 2.45) is 17.8 Å². The molecule has 0 saturated carbocycles. The van der Waals surface area contributed by atoms with Crippen molar-refractivity contribution in [3.63, 3.8) is 0 Å². The lowest BCUT2D eigenvalue weighted by molar-refractivity contribution is 0.0593. The van der Waals surface area contributed by atoms with Crippen LogP contribution in [0.4, 0.5) is 0 Å². The lowest BCUT2D eigenvalue weighted by atomic mass is 9.85. The molecule has 0 aliphatic carbocycles. The van der Waals surface area contributed by atoms with E-state index in [1.54, 1.807) is 0 Å². The maximum absolute atomic E-state index is 5.71. The average Bonchev–Trinajstić information content (AvgIpc) is 2.80. The largest absolute Gasteiger partial charge is 0.379 e. The van der Waals surface area contributed by atoms with E-state index in [4.69, 9.17) is 4.74 Å². The van der Waals surface area contributed by atoms with Crippen molar-refractivity contribution >= 4 is 0 Å². The summed E-state index contributed by atoms with van der Waals surface area (Å²) in [6, 6.07) is 1.29. The summed E-state index contributed by atoms with van der Waals surface area (Å²) in [7, 11) is 0. The molecular formula is C16H32N2O. The van der Waals surface area contributed by atoms with Crippen LogP contribution in [0.5, 0.6) is 0 Å². The van der Waals surface area contributed by atoms with E-state index >= 15 is 0 Å². The van der Waals surface area contributed by atoms with Crippen LogP contribution in [0, 0.1) is 17.8 Å². The zero-order chi connectivity index (χ0) is 13.8. The molecule has 2 fully saturated rings. The van der Waals surface area contributed by atoms with E-state index in [0.29, 0.717) is 12.0 Å². The predicted molar refractivity (Wildman–Crippen MR) is 80.4 cm³/mol. The predicted octanol–water partition coefficient (Wildman–Crippen LogP) is 2.37. The van der Waals surface area contributed by atoms with Crippen molar-refractivity contribution < 1.29 is 4.74 Å². The minimum Gasteiger partial charge on any atom is -0.379 e. The SMILES string of the molecule is CCCNC1COCC1CN1CC(C)CC(C)C1C. The van der Waals surface area contributed by atoms with Crippen LogP contribution >= 0.6 is 0 Å². The smallest absolute Gasteiger partial charge is 0.0623 e. The maximum atomic E-state index is 5.71. The molecule has 2 aliphatic heterocycles. The van der Waals surface area contributed by atoms with Crippen LogP contribution in [0.25, 0.3) is 0 Å². The highest BCUT2D eigenvalue weighted by Crippen LogP contribution is 2.28. The van der Waals surface area contributed by atoms with Crippen molar-refractivity contribution in [3.05, 3.63) is 0 Å². The van der Waals surface area contributed by atoms with Crippen LogP contribution in [0.3, 0.4) is 0 Å². The maximum Gasteiger partial charge on any atom is 0.0623 e. The fourth-order valence-corrected chi connectivity index (χ4v) is 3.71. The van der Waals surface area contributed by atoms with Gasteiger partial charge in [0.15, 0.2) is 0 Å². The number of ether oxygens (including phenoxy) is 1. The number of nitrogens with zero attached hydrogens (tertiary/aromatic N) is 1. The standard InChI is InChI=1S/C16H32N2O/c1-5-6-17-16-11-19-10-15(16)9-18-8-12(2)7-13(3)14(18)4/h12-17H,5-11H2,1-4H3. The van der Waals surface area contributed by atoms with Crippen molar-refractivity contribution in [1.29, 1.82) is 0 Å². The number of rotatable bonds is 5. The molecule has 5 atom stereocenters. The summed E-state index contributed by atoms with van der Waals surface area (Å²) in [5, 5.41) is 3.66. The fraction of sp³-hybridized carbons (Fsp3) is 1.00. The third kappa shape index (κ3) is 3.93. The molecule has 0 bridgehead atoms. The number of hydrogen-bond donors (Lipinski definition) is 1. The summed E-state index contributed by atoms with van der Waals surface area (Å²) in [6.07, 6.45) is 2.59. The van der Waals surface area contributed by atoms with Crippen LogP contribution in [0.1, 0.15) is 40.5 Å². The highest BCUT2D eigenvalue weighted by atomic mass is 16.5. The summed E-state index contributed by atoms with van der Waals surface area (Å²) in [4.78, 5) is 2.71. The Morgan fingerprint density at radius 2 is 2.00 bits per heavy atom. The van der Waals surface area contributed by atoms with E-state index in [1.165, 1.54) is 25.9 Å². The van der Waals surface area contributed by atoms with Crippen LogP contribution in [-0.2, 0) is 4.74 Å². The minimum atomic E-state index is 0.569. The number of nitrogens with one attached hydrogen (secondary N) is 1. The first kappa shape index (κ1) is 15.3. The normalized spacial score (nSPS) is 40.7. The van der Waals surface area contributed by atoms with Gasteiger partial charge in [-0.15, -0.1) is 0 Å². The Labute approximate surface area is 119 Å². The molecule has 112 valence electrons. The molecule has 2 saturated heterocycles. The molecule has 0 aromatic carbocycles. The Morgan fingerprint density at radius 3 is 2.74 bits per heavy atom. The second-order valence-corrected chi connectivity index (χ2v) is 6.87. The van der Waals surface area contributed by atoms with Gasteiger partial charge in [0.1, 0.15) is 0 Å². The van der Waals surface area contributed by atoms with E-state index in [0.717, 1.165) is 37.6 Å². The summed E-state index contributed by atoms with van der Waals surface area (Å²) in [5.41, 5.74) is 0. The van der Waals surface area contributed by atoms with Crippen molar-refractivity contribution in [3.8, 4) is 0 Å². The van der Waals surface area contributed by atoms with E-state index < -0.39 is 0 Å². The molecule has 3 heteroatoms. The van der Waals surface area contributed by atoms with Gasteiger partial charge in [0, 0.05) is 31.1 Å². The molecule has 0 aromatic rings.